The summed E-state index contributed by atoms with van der Waals surface area (Å²) in [6.45, 7) is 7.54. The van der Waals surface area contributed by atoms with E-state index in [0.29, 0.717) is 0 Å². The van der Waals surface area contributed by atoms with E-state index in [1.165, 1.54) is 11.1 Å². The summed E-state index contributed by atoms with van der Waals surface area (Å²) in [7, 11) is 0. The Morgan fingerprint density at radius 1 is 1.33 bits per heavy atom. The van der Waals surface area contributed by atoms with Crippen molar-refractivity contribution in [3.63, 3.8) is 0 Å². The molecule has 1 heteroatoms. The second kappa shape index (κ2) is 4.77. The average Bonchev–Trinajstić information content (AvgIpc) is 2.37. The van der Waals surface area contributed by atoms with Gasteiger partial charge in [-0.05, 0) is 0 Å². The Morgan fingerprint density at radius 2 is 2.00 bits per heavy atom. The molecule has 1 rings (SSSR count). The van der Waals surface area contributed by atoms with Crippen LogP contribution >= 0.6 is 0 Å². The van der Waals surface area contributed by atoms with E-state index in [9.17, 15) is 0 Å². The van der Waals surface area contributed by atoms with Gasteiger partial charge in [-0.25, -0.2) is 0 Å². The molecule has 0 bridgehead atoms. The van der Waals surface area contributed by atoms with Crippen LogP contribution in [-0.4, -0.2) is 0 Å². The number of allylic oxidation sites excluding steroid dienone is 6. The molecule has 0 aromatic carbocycles. The second-order valence-electron chi connectivity index (χ2n) is 2.88. The van der Waals surface area contributed by atoms with Crippen LogP contribution < -0.4 is 0 Å². The molecule has 0 nitrogen and oxygen atoms in total. The molecule has 1 aliphatic rings. The van der Waals surface area contributed by atoms with E-state index in [2.05, 4.69) is 19.2 Å². The molecule has 61 valence electrons. The van der Waals surface area contributed by atoms with E-state index in [1.54, 1.807) is 28.0 Å². The molecule has 0 aliphatic heterocycles. The first-order valence-electron chi connectivity index (χ1n) is 4.14. The third kappa shape index (κ3) is 2.17. The Balaban J connectivity index is 2.76. The van der Waals surface area contributed by atoms with Gasteiger partial charge in [0.25, 0.3) is 0 Å². The van der Waals surface area contributed by atoms with Gasteiger partial charge in [-0.15, -0.1) is 0 Å². The molecule has 0 unspecified atom stereocenters. The van der Waals surface area contributed by atoms with Crippen molar-refractivity contribution in [2.75, 3.05) is 0 Å². The van der Waals surface area contributed by atoms with Gasteiger partial charge in [0.15, 0.2) is 0 Å². The fraction of sp³-hybridized carbons (Fsp3) is 0.273. The van der Waals surface area contributed by atoms with Crippen molar-refractivity contribution in [2.45, 2.75) is 19.3 Å². The minimum absolute atomic E-state index is 1.01. The van der Waals surface area contributed by atoms with Gasteiger partial charge in [0.05, 0.1) is 0 Å². The van der Waals surface area contributed by atoms with E-state index in [-0.39, 0.29) is 0 Å². The Bertz CT molecular complexity index is 256. The normalized spacial score (nSPS) is 16.1. The van der Waals surface area contributed by atoms with Crippen LogP contribution in [0.1, 0.15) is 19.3 Å². The zero-order valence-electron chi connectivity index (χ0n) is 7.27. The van der Waals surface area contributed by atoms with Crippen LogP contribution in [0.25, 0.3) is 0 Å². The van der Waals surface area contributed by atoms with E-state index in [4.69, 9.17) is 0 Å². The predicted octanol–water partition coefficient (Wildman–Crippen LogP) is 3.27. The van der Waals surface area contributed by atoms with E-state index < -0.39 is 0 Å². The fourth-order valence-electron chi connectivity index (χ4n) is 1.43. The SMILES string of the molecule is C=CCC1=CC[C]([Zr])=C1CC=C. The van der Waals surface area contributed by atoms with Gasteiger partial charge in [0, 0.05) is 0 Å². The zero-order valence-corrected chi connectivity index (χ0v) is 9.73. The molecular weight excluding hydrogens is 223 g/mol. The molecular formula is C11H13Zr. The molecule has 0 atom stereocenters. The quantitative estimate of drug-likeness (QED) is 0.657. The molecule has 12 heavy (non-hydrogen) atoms. The van der Waals surface area contributed by atoms with Crippen molar-refractivity contribution in [3.05, 3.63) is 45.8 Å². The molecule has 0 heterocycles. The van der Waals surface area contributed by atoms with Gasteiger partial charge in [-0.2, -0.15) is 0 Å². The summed E-state index contributed by atoms with van der Waals surface area (Å²) in [4.78, 5) is 0. The van der Waals surface area contributed by atoms with Crippen molar-refractivity contribution in [1.82, 2.24) is 0 Å². The Morgan fingerprint density at radius 3 is 2.58 bits per heavy atom. The molecule has 0 spiro atoms. The first-order chi connectivity index (χ1) is 5.79. The Hall–Kier alpha value is -0.157. The minimum atomic E-state index is 1.01. The summed E-state index contributed by atoms with van der Waals surface area (Å²) in [6, 6.07) is 0. The number of hydrogen-bond acceptors (Lipinski definition) is 0. The van der Waals surface area contributed by atoms with Crippen LogP contribution in [0, 0.1) is 0 Å². The predicted molar refractivity (Wildman–Crippen MR) is 49.4 cm³/mol. The van der Waals surface area contributed by atoms with Gasteiger partial charge in [0.2, 0.25) is 0 Å². The van der Waals surface area contributed by atoms with Gasteiger partial charge >= 0.3 is 89.8 Å². The van der Waals surface area contributed by atoms with Gasteiger partial charge < -0.3 is 0 Å². The molecule has 1 aliphatic carbocycles. The van der Waals surface area contributed by atoms with Gasteiger partial charge in [0.1, 0.15) is 0 Å². The maximum absolute atomic E-state index is 3.78. The van der Waals surface area contributed by atoms with Gasteiger partial charge in [-0.3, -0.25) is 0 Å². The van der Waals surface area contributed by atoms with Crippen molar-refractivity contribution in [2.24, 2.45) is 0 Å². The van der Waals surface area contributed by atoms with Crippen LogP contribution in [0.5, 0.6) is 0 Å². The maximum atomic E-state index is 3.78. The monoisotopic (exact) mass is 235 g/mol. The van der Waals surface area contributed by atoms with Crippen LogP contribution in [0.2, 0.25) is 0 Å². The molecule has 0 amide bonds. The first kappa shape index (κ1) is 9.93. The van der Waals surface area contributed by atoms with Crippen LogP contribution in [0.15, 0.2) is 45.8 Å². The summed E-state index contributed by atoms with van der Waals surface area (Å²) >= 11 is 1.55. The third-order valence-electron chi connectivity index (χ3n) is 2.02. The average molecular weight is 236 g/mol. The summed E-state index contributed by atoms with van der Waals surface area (Å²) < 4.78 is 1.58. The summed E-state index contributed by atoms with van der Waals surface area (Å²) in [5.41, 5.74) is 2.99. The Labute approximate surface area is 89.6 Å². The van der Waals surface area contributed by atoms with Crippen LogP contribution in [0.4, 0.5) is 0 Å². The number of hydrogen-bond donors (Lipinski definition) is 0. The second-order valence-corrected chi connectivity index (χ2v) is 4.36. The summed E-state index contributed by atoms with van der Waals surface area (Å²) in [5, 5.41) is 0. The van der Waals surface area contributed by atoms with Crippen molar-refractivity contribution >= 4 is 0 Å². The van der Waals surface area contributed by atoms with Crippen molar-refractivity contribution in [1.29, 1.82) is 0 Å². The number of rotatable bonds is 4. The molecule has 0 fully saturated rings. The molecule has 0 saturated heterocycles. The molecule has 0 aromatic rings. The van der Waals surface area contributed by atoms with E-state index in [0.717, 1.165) is 19.3 Å². The first-order valence-corrected chi connectivity index (χ1v) is 5.37. The molecule has 0 aromatic heterocycles. The summed E-state index contributed by atoms with van der Waals surface area (Å²) in [5.74, 6) is 0. The van der Waals surface area contributed by atoms with E-state index >= 15 is 0 Å². The van der Waals surface area contributed by atoms with Crippen molar-refractivity contribution in [3.8, 4) is 0 Å². The van der Waals surface area contributed by atoms with Crippen LogP contribution in [-0.2, 0) is 24.7 Å². The molecule has 0 radical (unpaired) electrons. The topological polar surface area (TPSA) is 0 Å². The van der Waals surface area contributed by atoms with Crippen molar-refractivity contribution < 1.29 is 24.7 Å². The van der Waals surface area contributed by atoms with Gasteiger partial charge in [-0.1, -0.05) is 0 Å². The third-order valence-corrected chi connectivity index (χ3v) is 3.26. The molecule has 0 saturated carbocycles. The summed E-state index contributed by atoms with van der Waals surface area (Å²) in [6.07, 6.45) is 9.49. The molecule has 0 N–H and O–H groups in total. The van der Waals surface area contributed by atoms with Crippen LogP contribution in [0.3, 0.4) is 0 Å². The van der Waals surface area contributed by atoms with E-state index in [1.807, 2.05) is 12.2 Å². The standard InChI is InChI=1S/C11H13.Zr/c1-3-6-10-8-5-9-11(10)7-4-2;/h3-4,8H,1-2,5-7H2;. The zero-order chi connectivity index (χ0) is 8.97. The Kier molecular flexibility index (Phi) is 3.94. The fourth-order valence-corrected chi connectivity index (χ4v) is 2.32.